The van der Waals surface area contributed by atoms with Crippen LogP contribution in [0.1, 0.15) is 19.4 Å². The SMILES string of the molecule is CCOP(=S)(c1ccccc1)N(Cc1ccccc1)SCNC(=O)ON=C(C)SC. The minimum atomic E-state index is -2.54. The lowest BCUT2D eigenvalue weighted by atomic mass is 10.2. The highest BCUT2D eigenvalue weighted by molar-refractivity contribution is 8.20. The molecule has 0 fully saturated rings. The van der Waals surface area contributed by atoms with Crippen LogP contribution < -0.4 is 10.6 Å². The first kappa shape index (κ1) is 24.9. The third-order valence-electron chi connectivity index (χ3n) is 3.82. The van der Waals surface area contributed by atoms with Crippen LogP contribution in [0, 0.1) is 0 Å². The summed E-state index contributed by atoms with van der Waals surface area (Å²) in [7, 11) is 0. The minimum absolute atomic E-state index is 0.276. The van der Waals surface area contributed by atoms with E-state index in [1.807, 2.05) is 73.8 Å². The number of rotatable bonds is 10. The molecule has 1 atom stereocenters. The van der Waals surface area contributed by atoms with E-state index >= 15 is 0 Å². The van der Waals surface area contributed by atoms with Gasteiger partial charge < -0.3 is 9.84 Å². The summed E-state index contributed by atoms with van der Waals surface area (Å²) in [6.07, 6.45) is -1.28. The van der Waals surface area contributed by atoms with Gasteiger partial charge in [-0.15, -0.1) is 11.8 Å². The second-order valence-corrected chi connectivity index (χ2v) is 12.0. The molecule has 0 heterocycles. The molecule has 0 radical (unpaired) electrons. The fourth-order valence-electron chi connectivity index (χ4n) is 2.35. The smallest absolute Gasteiger partial charge is 0.334 e. The molecule has 2 rings (SSSR count). The van der Waals surface area contributed by atoms with E-state index in [4.69, 9.17) is 21.2 Å². The van der Waals surface area contributed by atoms with Crippen molar-refractivity contribution in [1.82, 2.24) is 9.39 Å². The number of carbonyl (C=O) groups is 1. The second-order valence-electron chi connectivity index (χ2n) is 5.91. The normalized spacial score (nSPS) is 13.7. The predicted octanol–water partition coefficient (Wildman–Crippen LogP) is 5.19. The van der Waals surface area contributed by atoms with Gasteiger partial charge in [0.05, 0.1) is 12.5 Å². The van der Waals surface area contributed by atoms with E-state index in [1.54, 1.807) is 6.92 Å². The van der Waals surface area contributed by atoms with Crippen LogP contribution in [0.5, 0.6) is 0 Å². The van der Waals surface area contributed by atoms with Gasteiger partial charge in [0.15, 0.2) is 6.42 Å². The maximum Gasteiger partial charge on any atom is 0.434 e. The maximum atomic E-state index is 11.9. The number of hydrogen-bond acceptors (Lipinski definition) is 7. The topological polar surface area (TPSA) is 63.2 Å². The van der Waals surface area contributed by atoms with Crippen LogP contribution in [0.2, 0.25) is 0 Å². The standard InChI is InChI=1S/C20H26N3O3PS3/c1-4-25-27(28,19-13-9-6-10-14-19)23(15-18-11-7-5-8-12-18)30-16-21-20(24)26-22-17(2)29-3/h5-14H,4,15-16H2,1-3H3,(H,21,24). The summed E-state index contributed by atoms with van der Waals surface area (Å²) in [5.41, 5.74) is 1.11. The van der Waals surface area contributed by atoms with E-state index in [2.05, 4.69) is 14.5 Å². The molecule has 0 aliphatic carbocycles. The first-order chi connectivity index (χ1) is 14.5. The van der Waals surface area contributed by atoms with Crippen LogP contribution in [0.15, 0.2) is 65.8 Å². The van der Waals surface area contributed by atoms with Crippen molar-refractivity contribution < 1.29 is 14.2 Å². The van der Waals surface area contributed by atoms with E-state index in [-0.39, 0.29) is 5.88 Å². The number of carbonyl (C=O) groups excluding carboxylic acids is 1. The van der Waals surface area contributed by atoms with E-state index in [9.17, 15) is 4.79 Å². The number of nitrogens with zero attached hydrogens (tertiary/aromatic N) is 2. The van der Waals surface area contributed by atoms with E-state index in [0.717, 1.165) is 10.9 Å². The molecule has 0 spiro atoms. The molecular weight excluding hydrogens is 457 g/mol. The number of amides is 1. The summed E-state index contributed by atoms with van der Waals surface area (Å²) in [5, 5.41) is 8.08. The highest BCUT2D eigenvalue weighted by atomic mass is 32.5. The summed E-state index contributed by atoms with van der Waals surface area (Å²) in [5.74, 6) is 0.276. The lowest BCUT2D eigenvalue weighted by Crippen LogP contribution is -2.27. The molecule has 0 bridgehead atoms. The second kappa shape index (κ2) is 13.1. The van der Waals surface area contributed by atoms with Crippen molar-refractivity contribution in [1.29, 1.82) is 0 Å². The monoisotopic (exact) mass is 483 g/mol. The van der Waals surface area contributed by atoms with Crippen molar-refractivity contribution in [3.8, 4) is 0 Å². The zero-order chi connectivity index (χ0) is 21.8. The van der Waals surface area contributed by atoms with Gasteiger partial charge in [0, 0.05) is 11.8 Å². The first-order valence-electron chi connectivity index (χ1n) is 9.28. The highest BCUT2D eigenvalue weighted by Crippen LogP contribution is 2.54. The molecule has 0 saturated carbocycles. The predicted molar refractivity (Wildman–Crippen MR) is 133 cm³/mol. The third-order valence-corrected chi connectivity index (χ3v) is 10.4. The van der Waals surface area contributed by atoms with Gasteiger partial charge in [0.1, 0.15) is 5.04 Å². The van der Waals surface area contributed by atoms with Gasteiger partial charge in [0.2, 0.25) is 0 Å². The molecule has 1 N–H and O–H groups in total. The maximum absolute atomic E-state index is 11.9. The molecule has 30 heavy (non-hydrogen) atoms. The molecule has 1 unspecified atom stereocenters. The van der Waals surface area contributed by atoms with Crippen molar-refractivity contribution in [2.45, 2.75) is 20.4 Å². The summed E-state index contributed by atoms with van der Waals surface area (Å²) >= 11 is 8.92. The van der Waals surface area contributed by atoms with E-state index in [0.29, 0.717) is 18.2 Å². The molecule has 162 valence electrons. The number of nitrogens with one attached hydrogen (secondary N) is 1. The Balaban J connectivity index is 2.17. The fraction of sp³-hybridized carbons (Fsp3) is 0.300. The molecule has 2 aromatic rings. The summed E-state index contributed by atoms with van der Waals surface area (Å²) in [6, 6.07) is 19.9. The van der Waals surface area contributed by atoms with Gasteiger partial charge in [-0.2, -0.15) is 4.08 Å². The number of oxime groups is 1. The number of thioether (sulfide) groups is 1. The largest absolute Gasteiger partial charge is 0.434 e. The van der Waals surface area contributed by atoms with Gasteiger partial charge in [0.25, 0.3) is 0 Å². The Kier molecular flexibility index (Phi) is 10.9. The van der Waals surface area contributed by atoms with Crippen LogP contribution in [0.4, 0.5) is 4.79 Å². The Bertz CT molecular complexity index is 869. The average molecular weight is 484 g/mol. The van der Waals surface area contributed by atoms with Gasteiger partial charge in [-0.25, -0.2) is 4.79 Å². The summed E-state index contributed by atoms with van der Waals surface area (Å²) in [6.45, 7) is 4.79. The van der Waals surface area contributed by atoms with E-state index < -0.39 is 12.5 Å². The van der Waals surface area contributed by atoms with Crippen LogP contribution in [-0.2, 0) is 27.7 Å². The van der Waals surface area contributed by atoms with Gasteiger partial charge in [-0.1, -0.05) is 77.8 Å². The molecule has 6 nitrogen and oxygen atoms in total. The van der Waals surface area contributed by atoms with Crippen LogP contribution in [0.25, 0.3) is 0 Å². The minimum Gasteiger partial charge on any atom is -0.334 e. The van der Waals surface area contributed by atoms with Crippen LogP contribution in [-0.4, -0.2) is 34.0 Å². The van der Waals surface area contributed by atoms with E-state index in [1.165, 1.54) is 23.7 Å². The van der Waals surface area contributed by atoms with Crippen molar-refractivity contribution in [3.05, 3.63) is 66.2 Å². The molecule has 10 heteroatoms. The fourth-order valence-corrected chi connectivity index (χ4v) is 7.31. The summed E-state index contributed by atoms with van der Waals surface area (Å²) in [4.78, 5) is 16.8. The quantitative estimate of drug-likeness (QED) is 0.0949. The Labute approximate surface area is 192 Å². The van der Waals surface area contributed by atoms with Gasteiger partial charge in [-0.3, -0.25) is 4.84 Å². The molecule has 0 aromatic heterocycles. The Hall–Kier alpha value is -1.35. The molecule has 0 aliphatic heterocycles. The van der Waals surface area contributed by atoms with Crippen molar-refractivity contribution in [3.63, 3.8) is 0 Å². The van der Waals surface area contributed by atoms with Crippen LogP contribution >= 0.6 is 30.1 Å². The molecular formula is C20H26N3O3PS3. The third kappa shape index (κ3) is 7.72. The van der Waals surface area contributed by atoms with Crippen molar-refractivity contribution in [2.75, 3.05) is 18.7 Å². The number of benzene rings is 2. The first-order valence-corrected chi connectivity index (χ1v) is 14.1. The Morgan fingerprint density at radius 2 is 1.80 bits per heavy atom. The Morgan fingerprint density at radius 1 is 1.17 bits per heavy atom. The van der Waals surface area contributed by atoms with Gasteiger partial charge >= 0.3 is 6.09 Å². The lowest BCUT2D eigenvalue weighted by Gasteiger charge is -2.33. The van der Waals surface area contributed by atoms with Crippen LogP contribution in [0.3, 0.4) is 0 Å². The molecule has 2 aromatic carbocycles. The highest BCUT2D eigenvalue weighted by Gasteiger charge is 2.30. The molecule has 0 aliphatic rings. The molecule has 0 saturated heterocycles. The van der Waals surface area contributed by atoms with Gasteiger partial charge in [-0.05, 0) is 37.5 Å². The average Bonchev–Trinajstić information content (AvgIpc) is 2.78. The zero-order valence-corrected chi connectivity index (χ0v) is 20.5. The summed E-state index contributed by atoms with van der Waals surface area (Å²) < 4.78 is 8.23. The lowest BCUT2D eigenvalue weighted by molar-refractivity contribution is 0.153. The zero-order valence-electron chi connectivity index (χ0n) is 17.2. The van der Waals surface area contributed by atoms with Crippen molar-refractivity contribution >= 4 is 58.4 Å². The number of hydrogen-bond donors (Lipinski definition) is 1. The van der Waals surface area contributed by atoms with Crippen molar-refractivity contribution in [2.24, 2.45) is 5.16 Å². The Morgan fingerprint density at radius 3 is 2.40 bits per heavy atom. The molecule has 1 amide bonds.